The van der Waals surface area contributed by atoms with Gasteiger partial charge < -0.3 is 5.32 Å². The Morgan fingerprint density at radius 2 is 1.95 bits per heavy atom. The van der Waals surface area contributed by atoms with E-state index in [1.807, 2.05) is 26.0 Å². The number of carbonyl (C=O) groups excluding carboxylic acids is 1. The van der Waals surface area contributed by atoms with Gasteiger partial charge in [0.05, 0.1) is 10.7 Å². The van der Waals surface area contributed by atoms with E-state index in [1.54, 1.807) is 0 Å². The molecule has 2 nitrogen and oxygen atoms in total. The summed E-state index contributed by atoms with van der Waals surface area (Å²) in [6.07, 6.45) is 0. The van der Waals surface area contributed by atoms with Gasteiger partial charge in [0.1, 0.15) is 5.82 Å². The van der Waals surface area contributed by atoms with E-state index in [-0.39, 0.29) is 10.9 Å². The van der Waals surface area contributed by atoms with Crippen molar-refractivity contribution in [2.45, 2.75) is 13.8 Å². The van der Waals surface area contributed by atoms with Crippen LogP contribution in [0.5, 0.6) is 0 Å². The average Bonchev–Trinajstić information content (AvgIpc) is 2.36. The molecule has 0 spiro atoms. The zero-order valence-corrected chi connectivity index (χ0v) is 13.3. The summed E-state index contributed by atoms with van der Waals surface area (Å²) >= 11 is 9.10. The highest BCUT2D eigenvalue weighted by Gasteiger charge is 2.12. The number of hydrogen-bond donors (Lipinski definition) is 1. The molecule has 104 valence electrons. The Kier molecular flexibility index (Phi) is 4.45. The van der Waals surface area contributed by atoms with Gasteiger partial charge in [-0.1, -0.05) is 17.7 Å². The maximum atomic E-state index is 13.1. The molecule has 0 unspecified atom stereocenters. The summed E-state index contributed by atoms with van der Waals surface area (Å²) < 4.78 is 13.9. The van der Waals surface area contributed by atoms with Crippen molar-refractivity contribution in [3.05, 3.63) is 62.3 Å². The highest BCUT2D eigenvalue weighted by atomic mass is 79.9. The molecule has 2 rings (SSSR count). The normalized spacial score (nSPS) is 10.4. The molecule has 0 aromatic heterocycles. The summed E-state index contributed by atoms with van der Waals surface area (Å²) in [6, 6.07) is 7.77. The van der Waals surface area contributed by atoms with E-state index < -0.39 is 5.82 Å². The van der Waals surface area contributed by atoms with E-state index >= 15 is 0 Å². The number of rotatable bonds is 2. The fourth-order valence-electron chi connectivity index (χ4n) is 1.90. The molecule has 1 amide bonds. The third-order valence-corrected chi connectivity index (χ3v) is 3.77. The molecule has 2 aromatic carbocycles. The second-order valence-electron chi connectivity index (χ2n) is 4.52. The van der Waals surface area contributed by atoms with Crippen molar-refractivity contribution in [2.75, 3.05) is 5.32 Å². The molecule has 0 heterocycles. The Labute approximate surface area is 130 Å². The van der Waals surface area contributed by atoms with Crippen LogP contribution in [-0.4, -0.2) is 5.91 Å². The van der Waals surface area contributed by atoms with Crippen molar-refractivity contribution in [3.8, 4) is 0 Å². The van der Waals surface area contributed by atoms with E-state index in [4.69, 9.17) is 11.6 Å². The van der Waals surface area contributed by atoms with E-state index in [2.05, 4.69) is 21.2 Å². The standard InChI is InChI=1S/C15H12BrClFNO/c1-8-5-9(2)14(11(16)6-8)19-15(20)10-3-4-13(18)12(17)7-10/h3-7H,1-2H3,(H,19,20). The number of benzene rings is 2. The first-order chi connectivity index (χ1) is 9.38. The molecule has 0 saturated carbocycles. The van der Waals surface area contributed by atoms with Gasteiger partial charge in [0.15, 0.2) is 0 Å². The van der Waals surface area contributed by atoms with Crippen molar-refractivity contribution in [1.29, 1.82) is 0 Å². The second kappa shape index (κ2) is 5.94. The van der Waals surface area contributed by atoms with Crippen LogP contribution in [0.3, 0.4) is 0 Å². The quantitative estimate of drug-likeness (QED) is 0.796. The third kappa shape index (κ3) is 3.19. The molecule has 0 radical (unpaired) electrons. The highest BCUT2D eigenvalue weighted by molar-refractivity contribution is 9.10. The summed E-state index contributed by atoms with van der Waals surface area (Å²) in [5.74, 6) is -0.879. The number of nitrogens with one attached hydrogen (secondary N) is 1. The molecular formula is C15H12BrClFNO. The third-order valence-electron chi connectivity index (χ3n) is 2.85. The molecule has 0 saturated heterocycles. The predicted molar refractivity (Wildman–Crippen MR) is 83.0 cm³/mol. The molecule has 1 N–H and O–H groups in total. The van der Waals surface area contributed by atoms with E-state index in [0.29, 0.717) is 11.3 Å². The summed E-state index contributed by atoms with van der Waals surface area (Å²) in [4.78, 5) is 12.2. The summed E-state index contributed by atoms with van der Waals surface area (Å²) in [5.41, 5.74) is 3.04. The Morgan fingerprint density at radius 3 is 2.55 bits per heavy atom. The molecule has 0 fully saturated rings. The first-order valence-electron chi connectivity index (χ1n) is 5.91. The minimum absolute atomic E-state index is 0.0719. The first kappa shape index (κ1) is 15.0. The molecule has 5 heteroatoms. The van der Waals surface area contributed by atoms with E-state index in [1.165, 1.54) is 18.2 Å². The number of anilines is 1. The van der Waals surface area contributed by atoms with Crippen LogP contribution in [-0.2, 0) is 0 Å². The van der Waals surface area contributed by atoms with Crippen LogP contribution in [0.2, 0.25) is 5.02 Å². The van der Waals surface area contributed by atoms with Gasteiger partial charge >= 0.3 is 0 Å². The van der Waals surface area contributed by atoms with Gasteiger partial charge in [-0.05, 0) is 65.2 Å². The smallest absolute Gasteiger partial charge is 0.255 e. The minimum Gasteiger partial charge on any atom is -0.321 e. The fourth-order valence-corrected chi connectivity index (χ4v) is 2.85. The molecule has 0 atom stereocenters. The monoisotopic (exact) mass is 355 g/mol. The van der Waals surface area contributed by atoms with Gasteiger partial charge in [0.25, 0.3) is 5.91 Å². The van der Waals surface area contributed by atoms with E-state index in [0.717, 1.165) is 15.6 Å². The average molecular weight is 357 g/mol. The number of carbonyl (C=O) groups is 1. The maximum absolute atomic E-state index is 13.1. The molecule has 0 aliphatic heterocycles. The van der Waals surface area contributed by atoms with Crippen molar-refractivity contribution in [1.82, 2.24) is 0 Å². The summed E-state index contributed by atoms with van der Waals surface area (Å²) in [5, 5.41) is 2.73. The SMILES string of the molecule is Cc1cc(C)c(NC(=O)c2ccc(F)c(Cl)c2)c(Br)c1. The topological polar surface area (TPSA) is 29.1 Å². The lowest BCUT2D eigenvalue weighted by Crippen LogP contribution is -2.13. The lowest BCUT2D eigenvalue weighted by molar-refractivity contribution is 0.102. The minimum atomic E-state index is -0.545. The number of halogens is 3. The molecule has 0 aliphatic carbocycles. The van der Waals surface area contributed by atoms with Gasteiger partial charge in [-0.2, -0.15) is 0 Å². The summed E-state index contributed by atoms with van der Waals surface area (Å²) in [7, 11) is 0. The van der Waals surface area contributed by atoms with Gasteiger partial charge in [-0.15, -0.1) is 0 Å². The number of hydrogen-bond acceptors (Lipinski definition) is 1. The molecule has 0 aliphatic rings. The number of amides is 1. The van der Waals surface area contributed by atoms with Crippen LogP contribution in [0, 0.1) is 19.7 Å². The van der Waals surface area contributed by atoms with Crippen molar-refractivity contribution in [2.24, 2.45) is 0 Å². The Bertz CT molecular complexity index is 665. The van der Waals surface area contributed by atoms with Gasteiger partial charge in [-0.3, -0.25) is 4.79 Å². The molecular weight excluding hydrogens is 345 g/mol. The van der Waals surface area contributed by atoms with E-state index in [9.17, 15) is 9.18 Å². The zero-order valence-electron chi connectivity index (χ0n) is 10.9. The van der Waals surface area contributed by atoms with Crippen molar-refractivity contribution in [3.63, 3.8) is 0 Å². The van der Waals surface area contributed by atoms with Crippen molar-refractivity contribution >= 4 is 39.1 Å². The number of aryl methyl sites for hydroxylation is 2. The molecule has 20 heavy (non-hydrogen) atoms. The Hall–Kier alpha value is -1.39. The Balaban J connectivity index is 2.30. The van der Waals surface area contributed by atoms with Gasteiger partial charge in [-0.25, -0.2) is 4.39 Å². The zero-order chi connectivity index (χ0) is 14.9. The maximum Gasteiger partial charge on any atom is 0.255 e. The fraction of sp³-hybridized carbons (Fsp3) is 0.133. The van der Waals surface area contributed by atoms with Crippen LogP contribution in [0.25, 0.3) is 0 Å². The van der Waals surface area contributed by atoms with Crippen LogP contribution < -0.4 is 5.32 Å². The lowest BCUT2D eigenvalue weighted by atomic mass is 10.1. The predicted octanol–water partition coefficient (Wildman–Crippen LogP) is 5.11. The molecule has 2 aromatic rings. The van der Waals surface area contributed by atoms with Gasteiger partial charge in [0, 0.05) is 10.0 Å². The summed E-state index contributed by atoms with van der Waals surface area (Å²) in [6.45, 7) is 3.88. The highest BCUT2D eigenvalue weighted by Crippen LogP contribution is 2.28. The lowest BCUT2D eigenvalue weighted by Gasteiger charge is -2.12. The first-order valence-corrected chi connectivity index (χ1v) is 7.08. The second-order valence-corrected chi connectivity index (χ2v) is 5.78. The van der Waals surface area contributed by atoms with Crippen LogP contribution >= 0.6 is 27.5 Å². The van der Waals surface area contributed by atoms with Gasteiger partial charge in [0.2, 0.25) is 0 Å². The largest absolute Gasteiger partial charge is 0.321 e. The molecule has 0 bridgehead atoms. The van der Waals surface area contributed by atoms with Crippen LogP contribution in [0.15, 0.2) is 34.8 Å². The van der Waals surface area contributed by atoms with Crippen LogP contribution in [0.4, 0.5) is 10.1 Å². The van der Waals surface area contributed by atoms with Crippen molar-refractivity contribution < 1.29 is 9.18 Å². The Morgan fingerprint density at radius 1 is 1.25 bits per heavy atom. The van der Waals surface area contributed by atoms with Crippen LogP contribution in [0.1, 0.15) is 21.5 Å².